The van der Waals surface area contributed by atoms with Gasteiger partial charge in [-0.25, -0.2) is 9.78 Å². The van der Waals surface area contributed by atoms with E-state index in [1.165, 1.54) is 11.3 Å². The zero-order valence-corrected chi connectivity index (χ0v) is 14.8. The number of thiazole rings is 1. The average Bonchev–Trinajstić information content (AvgIpc) is 3.32. The molecule has 1 atom stereocenters. The molecule has 0 saturated heterocycles. The number of nitriles is 1. The van der Waals surface area contributed by atoms with Gasteiger partial charge in [-0.1, -0.05) is 6.07 Å². The van der Waals surface area contributed by atoms with E-state index in [-0.39, 0.29) is 0 Å². The Hall–Kier alpha value is -3.24. The van der Waals surface area contributed by atoms with Crippen LogP contribution in [0, 0.1) is 18.3 Å². The molecular weight excluding hydrogens is 350 g/mol. The lowest BCUT2D eigenvalue weighted by atomic mass is 10.1. The molecule has 7 heteroatoms. The lowest BCUT2D eigenvalue weighted by molar-refractivity contribution is -0.122. The van der Waals surface area contributed by atoms with Crippen LogP contribution in [-0.4, -0.2) is 27.9 Å². The standard InChI is InChI=1S/C19H15N3O3S/c1-13-12-26-18(21-13)16(10-20)17(23)11-25-19(24)14-5-4-6-15(9-14)22-7-2-3-8-22/h2-9,12,16H,11H2,1H3/t16-/m0/s1. The Morgan fingerprint density at radius 3 is 2.73 bits per heavy atom. The Balaban J connectivity index is 1.66. The van der Waals surface area contributed by atoms with Crippen molar-refractivity contribution < 1.29 is 14.3 Å². The predicted molar refractivity (Wildman–Crippen MR) is 96.3 cm³/mol. The highest BCUT2D eigenvalue weighted by molar-refractivity contribution is 7.09. The molecule has 0 aliphatic carbocycles. The van der Waals surface area contributed by atoms with Gasteiger partial charge < -0.3 is 9.30 Å². The lowest BCUT2D eigenvalue weighted by Crippen LogP contribution is -2.20. The topological polar surface area (TPSA) is 85.0 Å². The van der Waals surface area contributed by atoms with E-state index < -0.39 is 24.3 Å². The molecule has 1 aromatic carbocycles. The minimum atomic E-state index is -1.02. The van der Waals surface area contributed by atoms with Gasteiger partial charge in [0.05, 0.1) is 11.6 Å². The Labute approximate surface area is 154 Å². The number of Topliss-reactive ketones (excluding diaryl/α,β-unsaturated/α-hetero) is 1. The second-order valence-corrected chi connectivity index (χ2v) is 6.46. The number of carbonyl (C=O) groups excluding carboxylic acids is 2. The SMILES string of the molecule is Cc1csc([C@@H](C#N)C(=O)COC(=O)c2cccc(-n3cccc3)c2)n1. The number of hydrogen-bond acceptors (Lipinski definition) is 6. The number of aromatic nitrogens is 2. The van der Waals surface area contributed by atoms with Gasteiger partial charge in [0, 0.05) is 29.2 Å². The van der Waals surface area contributed by atoms with Gasteiger partial charge in [0.15, 0.2) is 18.3 Å². The van der Waals surface area contributed by atoms with E-state index in [4.69, 9.17) is 4.74 Å². The summed E-state index contributed by atoms with van der Waals surface area (Å²) in [6.45, 7) is 1.32. The van der Waals surface area contributed by atoms with Crippen molar-refractivity contribution in [2.45, 2.75) is 12.8 Å². The molecule has 130 valence electrons. The lowest BCUT2D eigenvalue weighted by Gasteiger charge is -2.08. The monoisotopic (exact) mass is 365 g/mol. The zero-order chi connectivity index (χ0) is 18.5. The van der Waals surface area contributed by atoms with Gasteiger partial charge in [-0.05, 0) is 37.3 Å². The number of benzene rings is 1. The number of ether oxygens (including phenoxy) is 1. The molecule has 3 aromatic rings. The molecule has 0 N–H and O–H groups in total. The highest BCUT2D eigenvalue weighted by atomic mass is 32.1. The Kier molecular flexibility index (Phi) is 5.25. The zero-order valence-electron chi connectivity index (χ0n) is 14.0. The number of ketones is 1. The third kappa shape index (κ3) is 3.87. The van der Waals surface area contributed by atoms with E-state index in [2.05, 4.69) is 4.98 Å². The van der Waals surface area contributed by atoms with Crippen LogP contribution in [0.3, 0.4) is 0 Å². The van der Waals surface area contributed by atoms with E-state index in [1.54, 1.807) is 30.5 Å². The molecule has 0 radical (unpaired) electrons. The van der Waals surface area contributed by atoms with Gasteiger partial charge in [-0.15, -0.1) is 11.3 Å². The quantitative estimate of drug-likeness (QED) is 0.626. The van der Waals surface area contributed by atoms with Crippen molar-refractivity contribution in [1.29, 1.82) is 5.26 Å². The third-order valence-corrected chi connectivity index (χ3v) is 4.69. The van der Waals surface area contributed by atoms with Crippen LogP contribution in [0.2, 0.25) is 0 Å². The van der Waals surface area contributed by atoms with Crippen LogP contribution in [0.25, 0.3) is 5.69 Å². The van der Waals surface area contributed by atoms with Gasteiger partial charge in [-0.2, -0.15) is 5.26 Å². The van der Waals surface area contributed by atoms with Crippen molar-refractivity contribution in [2.24, 2.45) is 0 Å². The summed E-state index contributed by atoms with van der Waals surface area (Å²) >= 11 is 1.24. The molecule has 2 heterocycles. The Morgan fingerprint density at radius 2 is 2.08 bits per heavy atom. The maximum absolute atomic E-state index is 12.2. The number of hydrogen-bond donors (Lipinski definition) is 0. The van der Waals surface area contributed by atoms with E-state index in [1.807, 2.05) is 41.2 Å². The summed E-state index contributed by atoms with van der Waals surface area (Å²) in [4.78, 5) is 28.6. The van der Waals surface area contributed by atoms with Crippen LogP contribution in [0.15, 0.2) is 54.2 Å². The smallest absolute Gasteiger partial charge is 0.338 e. The Bertz CT molecular complexity index is 970. The predicted octanol–water partition coefficient (Wildman–Crippen LogP) is 3.28. The van der Waals surface area contributed by atoms with Crippen molar-refractivity contribution in [3.8, 4) is 11.8 Å². The first-order valence-corrected chi connectivity index (χ1v) is 8.71. The van der Waals surface area contributed by atoms with Crippen LogP contribution in [-0.2, 0) is 9.53 Å². The van der Waals surface area contributed by atoms with Gasteiger partial charge in [0.1, 0.15) is 5.01 Å². The number of rotatable bonds is 6. The summed E-state index contributed by atoms with van der Waals surface area (Å²) in [5.41, 5.74) is 1.89. The second-order valence-electron chi connectivity index (χ2n) is 5.57. The Morgan fingerprint density at radius 1 is 1.31 bits per heavy atom. The summed E-state index contributed by atoms with van der Waals surface area (Å²) < 4.78 is 6.96. The fourth-order valence-electron chi connectivity index (χ4n) is 2.37. The molecular formula is C19H15N3O3S. The largest absolute Gasteiger partial charge is 0.454 e. The summed E-state index contributed by atoms with van der Waals surface area (Å²) in [5.74, 6) is -2.12. The molecule has 0 aliphatic rings. The minimum absolute atomic E-state index is 0.336. The van der Waals surface area contributed by atoms with Crippen molar-refractivity contribution in [2.75, 3.05) is 6.61 Å². The van der Waals surface area contributed by atoms with E-state index in [9.17, 15) is 14.9 Å². The molecule has 2 aromatic heterocycles. The number of aryl methyl sites for hydroxylation is 1. The van der Waals surface area contributed by atoms with Gasteiger partial charge in [0.2, 0.25) is 0 Å². The van der Waals surface area contributed by atoms with E-state index >= 15 is 0 Å². The summed E-state index contributed by atoms with van der Waals surface area (Å²) in [7, 11) is 0. The van der Waals surface area contributed by atoms with Gasteiger partial charge >= 0.3 is 5.97 Å². The molecule has 0 saturated carbocycles. The van der Waals surface area contributed by atoms with Gasteiger partial charge in [0.25, 0.3) is 0 Å². The van der Waals surface area contributed by atoms with Crippen molar-refractivity contribution >= 4 is 23.1 Å². The van der Waals surface area contributed by atoms with Gasteiger partial charge in [-0.3, -0.25) is 4.79 Å². The molecule has 0 aliphatic heterocycles. The van der Waals surface area contributed by atoms with Crippen LogP contribution in [0.4, 0.5) is 0 Å². The van der Waals surface area contributed by atoms with Crippen LogP contribution in [0.5, 0.6) is 0 Å². The molecule has 3 rings (SSSR count). The molecule has 0 bridgehead atoms. The normalized spacial score (nSPS) is 11.5. The van der Waals surface area contributed by atoms with Crippen LogP contribution in [0.1, 0.15) is 27.0 Å². The first-order chi connectivity index (χ1) is 12.6. The maximum Gasteiger partial charge on any atom is 0.338 e. The minimum Gasteiger partial charge on any atom is -0.454 e. The van der Waals surface area contributed by atoms with Crippen molar-refractivity contribution in [3.05, 3.63) is 70.4 Å². The first-order valence-electron chi connectivity index (χ1n) is 7.83. The third-order valence-electron chi connectivity index (χ3n) is 3.66. The first kappa shape index (κ1) is 17.6. The fourth-order valence-corrected chi connectivity index (χ4v) is 3.23. The fraction of sp³-hybridized carbons (Fsp3) is 0.158. The highest BCUT2D eigenvalue weighted by Crippen LogP contribution is 2.21. The van der Waals surface area contributed by atoms with Crippen molar-refractivity contribution in [3.63, 3.8) is 0 Å². The number of nitrogens with zero attached hydrogens (tertiary/aromatic N) is 3. The van der Waals surface area contributed by atoms with E-state index in [0.29, 0.717) is 10.6 Å². The highest BCUT2D eigenvalue weighted by Gasteiger charge is 2.24. The molecule has 6 nitrogen and oxygen atoms in total. The van der Waals surface area contributed by atoms with Crippen LogP contribution >= 0.6 is 11.3 Å². The van der Waals surface area contributed by atoms with Crippen molar-refractivity contribution in [1.82, 2.24) is 9.55 Å². The molecule has 0 amide bonds. The molecule has 26 heavy (non-hydrogen) atoms. The molecule has 0 spiro atoms. The summed E-state index contributed by atoms with van der Waals surface area (Å²) in [6, 6.07) is 12.6. The van der Waals surface area contributed by atoms with Crippen LogP contribution < -0.4 is 0 Å². The summed E-state index contributed by atoms with van der Waals surface area (Å²) in [5, 5.41) is 11.4. The maximum atomic E-state index is 12.2. The number of carbonyl (C=O) groups is 2. The molecule has 0 fully saturated rings. The van der Waals surface area contributed by atoms with E-state index in [0.717, 1.165) is 11.4 Å². The molecule has 0 unspecified atom stereocenters. The number of esters is 1. The summed E-state index contributed by atoms with van der Waals surface area (Å²) in [6.07, 6.45) is 3.73. The average molecular weight is 365 g/mol. The second kappa shape index (κ2) is 7.76.